The maximum absolute atomic E-state index is 12.0. The standard InChI is InChI=1S/C16H25ClN2O2/c1-3-4-5-6-7-10-21-12(2)16(20)19-15-9-8-13(18)11-14(15)17/h8-9,11-12H,3-7,10,18H2,1-2H3,(H,19,20). The van der Waals surface area contributed by atoms with Gasteiger partial charge in [0.15, 0.2) is 0 Å². The van der Waals surface area contributed by atoms with Gasteiger partial charge in [0, 0.05) is 12.3 Å². The zero-order valence-electron chi connectivity index (χ0n) is 12.8. The number of halogens is 1. The van der Waals surface area contributed by atoms with E-state index in [2.05, 4.69) is 12.2 Å². The molecular weight excluding hydrogens is 288 g/mol. The van der Waals surface area contributed by atoms with Crippen LogP contribution >= 0.6 is 11.6 Å². The molecule has 0 spiro atoms. The third-order valence-corrected chi connectivity index (χ3v) is 3.55. The lowest BCUT2D eigenvalue weighted by molar-refractivity contribution is -0.126. The molecule has 3 N–H and O–H groups in total. The maximum Gasteiger partial charge on any atom is 0.253 e. The molecule has 1 atom stereocenters. The number of carbonyl (C=O) groups excluding carboxylic acids is 1. The summed E-state index contributed by atoms with van der Waals surface area (Å²) in [5.41, 5.74) is 6.73. The molecule has 0 saturated carbocycles. The summed E-state index contributed by atoms with van der Waals surface area (Å²) < 4.78 is 5.54. The Labute approximate surface area is 132 Å². The second-order valence-electron chi connectivity index (χ2n) is 5.16. The molecule has 0 aliphatic carbocycles. The van der Waals surface area contributed by atoms with Crippen molar-refractivity contribution < 1.29 is 9.53 Å². The summed E-state index contributed by atoms with van der Waals surface area (Å²) in [6.07, 6.45) is 5.34. The van der Waals surface area contributed by atoms with Crippen molar-refractivity contribution in [1.29, 1.82) is 0 Å². The summed E-state index contributed by atoms with van der Waals surface area (Å²) in [4.78, 5) is 12.0. The van der Waals surface area contributed by atoms with Crippen molar-refractivity contribution in [3.8, 4) is 0 Å². The number of rotatable bonds is 9. The first kappa shape index (κ1) is 17.8. The fraction of sp³-hybridized carbons (Fsp3) is 0.562. The fourth-order valence-corrected chi connectivity index (χ4v) is 2.14. The van der Waals surface area contributed by atoms with Crippen LogP contribution in [0.5, 0.6) is 0 Å². The highest BCUT2D eigenvalue weighted by atomic mass is 35.5. The van der Waals surface area contributed by atoms with E-state index >= 15 is 0 Å². The van der Waals surface area contributed by atoms with Gasteiger partial charge in [0.2, 0.25) is 0 Å². The molecule has 21 heavy (non-hydrogen) atoms. The molecule has 0 bridgehead atoms. The SMILES string of the molecule is CCCCCCCOC(C)C(=O)Nc1ccc(N)cc1Cl. The monoisotopic (exact) mass is 312 g/mol. The highest BCUT2D eigenvalue weighted by Gasteiger charge is 2.14. The molecule has 1 aromatic rings. The van der Waals surface area contributed by atoms with Crippen LogP contribution in [0, 0.1) is 0 Å². The molecule has 118 valence electrons. The van der Waals surface area contributed by atoms with Crippen LogP contribution in [0.3, 0.4) is 0 Å². The lowest BCUT2D eigenvalue weighted by Crippen LogP contribution is -2.28. The third kappa shape index (κ3) is 6.82. The van der Waals surface area contributed by atoms with E-state index in [9.17, 15) is 4.79 Å². The topological polar surface area (TPSA) is 64.3 Å². The molecule has 1 amide bonds. The second kappa shape index (κ2) is 9.64. The van der Waals surface area contributed by atoms with E-state index in [0.717, 1.165) is 12.8 Å². The van der Waals surface area contributed by atoms with E-state index in [1.165, 1.54) is 19.3 Å². The van der Waals surface area contributed by atoms with E-state index in [1.54, 1.807) is 25.1 Å². The Balaban J connectivity index is 2.30. The molecule has 0 saturated heterocycles. The lowest BCUT2D eigenvalue weighted by atomic mass is 10.2. The van der Waals surface area contributed by atoms with Gasteiger partial charge in [-0.25, -0.2) is 0 Å². The number of nitrogens with two attached hydrogens (primary N) is 1. The minimum Gasteiger partial charge on any atom is -0.399 e. The number of anilines is 2. The van der Waals surface area contributed by atoms with Gasteiger partial charge in [0.1, 0.15) is 6.10 Å². The molecule has 5 heteroatoms. The van der Waals surface area contributed by atoms with Crippen molar-refractivity contribution in [2.75, 3.05) is 17.7 Å². The van der Waals surface area contributed by atoms with Crippen molar-refractivity contribution in [3.63, 3.8) is 0 Å². The minimum atomic E-state index is -0.496. The smallest absolute Gasteiger partial charge is 0.253 e. The van der Waals surface area contributed by atoms with Crippen LogP contribution in [0.2, 0.25) is 5.02 Å². The predicted octanol–water partition coefficient (Wildman–Crippen LogP) is 4.24. The molecule has 0 fully saturated rings. The molecule has 1 unspecified atom stereocenters. The highest BCUT2D eigenvalue weighted by Crippen LogP contribution is 2.24. The maximum atomic E-state index is 12.0. The average Bonchev–Trinajstić information content (AvgIpc) is 2.45. The van der Waals surface area contributed by atoms with Crippen LogP contribution in [0.4, 0.5) is 11.4 Å². The van der Waals surface area contributed by atoms with Crippen LogP contribution < -0.4 is 11.1 Å². The first-order valence-corrected chi connectivity index (χ1v) is 7.90. The number of nitrogens with one attached hydrogen (secondary N) is 1. The summed E-state index contributed by atoms with van der Waals surface area (Å²) in [6, 6.07) is 4.99. The lowest BCUT2D eigenvalue weighted by Gasteiger charge is -2.14. The van der Waals surface area contributed by atoms with E-state index in [4.69, 9.17) is 22.1 Å². The molecule has 0 aromatic heterocycles. The number of unbranched alkanes of at least 4 members (excludes halogenated alkanes) is 4. The first-order chi connectivity index (χ1) is 10.0. The van der Waals surface area contributed by atoms with E-state index < -0.39 is 6.10 Å². The quantitative estimate of drug-likeness (QED) is 0.529. The summed E-state index contributed by atoms with van der Waals surface area (Å²) in [7, 11) is 0. The van der Waals surface area contributed by atoms with Crippen LogP contribution in [0.15, 0.2) is 18.2 Å². The van der Waals surface area contributed by atoms with Crippen molar-refractivity contribution in [2.45, 2.75) is 52.1 Å². The molecule has 1 rings (SSSR count). The second-order valence-corrected chi connectivity index (χ2v) is 5.56. The van der Waals surface area contributed by atoms with Gasteiger partial charge < -0.3 is 15.8 Å². The van der Waals surface area contributed by atoms with Crippen molar-refractivity contribution >= 4 is 28.9 Å². The van der Waals surface area contributed by atoms with Gasteiger partial charge in [0.25, 0.3) is 5.91 Å². The molecule has 0 heterocycles. The van der Waals surface area contributed by atoms with Crippen LogP contribution in [0.1, 0.15) is 46.0 Å². The summed E-state index contributed by atoms with van der Waals surface area (Å²) in [5, 5.41) is 3.17. The van der Waals surface area contributed by atoms with Crippen molar-refractivity contribution in [3.05, 3.63) is 23.2 Å². The molecule has 1 aromatic carbocycles. The Morgan fingerprint density at radius 3 is 2.71 bits per heavy atom. The molecule has 4 nitrogen and oxygen atoms in total. The van der Waals surface area contributed by atoms with Gasteiger partial charge in [-0.15, -0.1) is 0 Å². The normalized spacial score (nSPS) is 12.1. The highest BCUT2D eigenvalue weighted by molar-refractivity contribution is 6.34. The largest absolute Gasteiger partial charge is 0.399 e. The number of nitrogen functional groups attached to an aromatic ring is 1. The average molecular weight is 313 g/mol. The van der Waals surface area contributed by atoms with Crippen molar-refractivity contribution in [1.82, 2.24) is 0 Å². The van der Waals surface area contributed by atoms with Crippen molar-refractivity contribution in [2.24, 2.45) is 0 Å². The van der Waals surface area contributed by atoms with Gasteiger partial charge in [-0.05, 0) is 31.5 Å². The Morgan fingerprint density at radius 2 is 2.05 bits per heavy atom. The Kier molecular flexibility index (Phi) is 8.16. The Hall–Kier alpha value is -1.26. The molecular formula is C16H25ClN2O2. The third-order valence-electron chi connectivity index (χ3n) is 3.24. The van der Waals surface area contributed by atoms with Crippen LogP contribution in [-0.2, 0) is 9.53 Å². The van der Waals surface area contributed by atoms with E-state index in [1.807, 2.05) is 0 Å². The zero-order valence-corrected chi connectivity index (χ0v) is 13.6. The van der Waals surface area contributed by atoms with Gasteiger partial charge in [-0.1, -0.05) is 44.2 Å². The molecule has 0 aliphatic heterocycles. The van der Waals surface area contributed by atoms with Gasteiger partial charge in [0.05, 0.1) is 10.7 Å². The van der Waals surface area contributed by atoms with Gasteiger partial charge >= 0.3 is 0 Å². The summed E-state index contributed by atoms with van der Waals surface area (Å²) >= 11 is 6.02. The van der Waals surface area contributed by atoms with Crippen LogP contribution in [0.25, 0.3) is 0 Å². The minimum absolute atomic E-state index is 0.199. The zero-order chi connectivity index (χ0) is 15.7. The first-order valence-electron chi connectivity index (χ1n) is 7.52. The summed E-state index contributed by atoms with van der Waals surface area (Å²) in [6.45, 7) is 4.53. The number of carbonyl (C=O) groups is 1. The summed E-state index contributed by atoms with van der Waals surface area (Å²) in [5.74, 6) is -0.199. The number of benzene rings is 1. The molecule has 0 aliphatic rings. The molecule has 0 radical (unpaired) electrons. The number of hydrogen-bond acceptors (Lipinski definition) is 3. The van der Waals surface area contributed by atoms with E-state index in [0.29, 0.717) is 23.0 Å². The Morgan fingerprint density at radius 1 is 1.33 bits per heavy atom. The predicted molar refractivity (Wildman–Crippen MR) is 88.7 cm³/mol. The number of amides is 1. The number of hydrogen-bond donors (Lipinski definition) is 2. The number of ether oxygens (including phenoxy) is 1. The van der Waals surface area contributed by atoms with Gasteiger partial charge in [-0.3, -0.25) is 4.79 Å². The van der Waals surface area contributed by atoms with Gasteiger partial charge in [-0.2, -0.15) is 0 Å². The Bertz CT molecular complexity index is 452. The van der Waals surface area contributed by atoms with Crippen LogP contribution in [-0.4, -0.2) is 18.6 Å². The fourth-order valence-electron chi connectivity index (χ4n) is 1.91. The van der Waals surface area contributed by atoms with E-state index in [-0.39, 0.29) is 5.91 Å².